The molecule has 3 aromatic carbocycles. The lowest BCUT2D eigenvalue weighted by Gasteiger charge is -2.19. The van der Waals surface area contributed by atoms with Crippen molar-refractivity contribution in [1.29, 1.82) is 0 Å². The van der Waals surface area contributed by atoms with Crippen molar-refractivity contribution in [3.05, 3.63) is 83.4 Å². The average Bonchev–Trinajstić information content (AvgIpc) is 3.37. The Morgan fingerprint density at radius 2 is 1.74 bits per heavy atom. The summed E-state index contributed by atoms with van der Waals surface area (Å²) < 4.78 is 31.1. The molecule has 4 aromatic rings. The third-order valence-corrected chi connectivity index (χ3v) is 9.30. The fraction of sp³-hybridized carbons (Fsp3) is 0.323. The number of nitrogens with one attached hydrogen (secondary N) is 2. The van der Waals surface area contributed by atoms with Gasteiger partial charge in [0, 0.05) is 17.3 Å². The van der Waals surface area contributed by atoms with E-state index < -0.39 is 10.0 Å². The number of carbonyl (C=O) groups excluding carboxylic acids is 1. The van der Waals surface area contributed by atoms with Gasteiger partial charge in [-0.05, 0) is 68.1 Å². The monoisotopic (exact) mass is 625 g/mol. The molecule has 4 rings (SSSR count). The number of aryl methyl sites for hydroxylation is 1. The first-order chi connectivity index (χ1) is 20.0. The number of aromatic nitrogens is 3. The van der Waals surface area contributed by atoms with Gasteiger partial charge in [-0.15, -0.1) is 10.2 Å². The number of amides is 1. The Bertz CT molecular complexity index is 1640. The van der Waals surface area contributed by atoms with Crippen LogP contribution >= 0.6 is 23.4 Å². The van der Waals surface area contributed by atoms with Crippen LogP contribution in [-0.2, 0) is 14.8 Å². The normalized spacial score (nSPS) is 12.3. The highest BCUT2D eigenvalue weighted by Gasteiger charge is 2.22. The second-order valence-electron chi connectivity index (χ2n) is 10.7. The van der Waals surface area contributed by atoms with Gasteiger partial charge in [-0.25, -0.2) is 8.42 Å². The van der Waals surface area contributed by atoms with Gasteiger partial charge in [0.15, 0.2) is 11.0 Å². The largest absolute Gasteiger partial charge is 0.325 e. The van der Waals surface area contributed by atoms with Gasteiger partial charge in [-0.1, -0.05) is 86.5 Å². The molecular formula is C31H36ClN5O3S2. The summed E-state index contributed by atoms with van der Waals surface area (Å²) in [5.74, 6) is 1.14. The third kappa shape index (κ3) is 8.36. The minimum atomic E-state index is -3.92. The first-order valence-electron chi connectivity index (χ1n) is 13.9. The van der Waals surface area contributed by atoms with E-state index in [2.05, 4.69) is 41.0 Å². The summed E-state index contributed by atoms with van der Waals surface area (Å²) in [4.78, 5) is 12.8. The first kappa shape index (κ1) is 31.6. The van der Waals surface area contributed by atoms with Gasteiger partial charge in [0.2, 0.25) is 5.91 Å². The first-order valence-corrected chi connectivity index (χ1v) is 16.7. The van der Waals surface area contributed by atoms with Crippen LogP contribution in [0.5, 0.6) is 0 Å². The molecule has 0 saturated carbocycles. The Kier molecular flexibility index (Phi) is 10.7. The zero-order valence-electron chi connectivity index (χ0n) is 24.2. The van der Waals surface area contributed by atoms with E-state index in [0.717, 1.165) is 30.5 Å². The molecule has 1 atom stereocenters. The fourth-order valence-corrected chi connectivity index (χ4v) is 6.72. The van der Waals surface area contributed by atoms with E-state index >= 15 is 0 Å². The van der Waals surface area contributed by atoms with Gasteiger partial charge < -0.3 is 5.32 Å². The van der Waals surface area contributed by atoms with Crippen LogP contribution < -0.4 is 10.0 Å². The van der Waals surface area contributed by atoms with Crippen molar-refractivity contribution >= 4 is 50.7 Å². The Morgan fingerprint density at radius 3 is 2.48 bits per heavy atom. The summed E-state index contributed by atoms with van der Waals surface area (Å²) in [6.07, 6.45) is 2.99. The van der Waals surface area contributed by atoms with Crippen molar-refractivity contribution in [3.63, 3.8) is 0 Å². The van der Waals surface area contributed by atoms with Crippen LogP contribution in [-0.4, -0.2) is 34.8 Å². The Hall–Kier alpha value is -3.34. The van der Waals surface area contributed by atoms with Crippen LogP contribution in [0.15, 0.2) is 82.8 Å². The zero-order valence-corrected chi connectivity index (χ0v) is 26.6. The van der Waals surface area contributed by atoms with Crippen molar-refractivity contribution in [1.82, 2.24) is 14.8 Å². The lowest BCUT2D eigenvalue weighted by Crippen LogP contribution is -2.15. The summed E-state index contributed by atoms with van der Waals surface area (Å²) in [6, 6.07) is 21.0. The summed E-state index contributed by atoms with van der Waals surface area (Å²) in [5, 5.41) is 12.7. The summed E-state index contributed by atoms with van der Waals surface area (Å²) in [7, 11) is -3.92. The van der Waals surface area contributed by atoms with Gasteiger partial charge in [0.05, 0.1) is 21.4 Å². The van der Waals surface area contributed by atoms with Crippen molar-refractivity contribution in [2.75, 3.05) is 15.8 Å². The van der Waals surface area contributed by atoms with Crippen molar-refractivity contribution in [2.45, 2.75) is 63.1 Å². The fourth-order valence-electron chi connectivity index (χ4n) is 4.52. The summed E-state index contributed by atoms with van der Waals surface area (Å²) >= 11 is 7.50. The quantitative estimate of drug-likeness (QED) is 0.147. The molecule has 0 radical (unpaired) electrons. The maximum Gasteiger partial charge on any atom is 0.261 e. The predicted octanol–water partition coefficient (Wildman–Crippen LogP) is 7.83. The van der Waals surface area contributed by atoms with Crippen LogP contribution in [0.1, 0.15) is 51.6 Å². The van der Waals surface area contributed by atoms with Gasteiger partial charge in [0.1, 0.15) is 0 Å². The zero-order chi connectivity index (χ0) is 30.3. The highest BCUT2D eigenvalue weighted by molar-refractivity contribution is 7.99. The minimum Gasteiger partial charge on any atom is -0.325 e. The van der Waals surface area contributed by atoms with E-state index in [1.807, 2.05) is 41.8 Å². The van der Waals surface area contributed by atoms with Gasteiger partial charge in [-0.3, -0.25) is 14.1 Å². The number of rotatable bonds is 13. The second-order valence-corrected chi connectivity index (χ2v) is 13.7. The molecule has 222 valence electrons. The molecule has 42 heavy (non-hydrogen) atoms. The van der Waals surface area contributed by atoms with E-state index in [1.54, 1.807) is 36.4 Å². The maximum absolute atomic E-state index is 13.3. The standard InChI is InChI=1S/C31H36ClN5O3S2/c1-21(2)10-7-12-23(4)37-30(34-35-31(37)41-20-29(38)33-25-14-8-11-22(3)18-25)24-13-9-15-26(19-24)42(39,40)36-28-17-6-5-16-27(28)32/h5-6,8-9,11,13-19,21,23,36H,7,10,12,20H2,1-4H3,(H,33,38)/t23-/m1/s1. The van der Waals surface area contributed by atoms with E-state index in [4.69, 9.17) is 11.6 Å². The molecule has 0 fully saturated rings. The van der Waals surface area contributed by atoms with Crippen LogP contribution in [0.25, 0.3) is 11.4 Å². The maximum atomic E-state index is 13.3. The van der Waals surface area contributed by atoms with E-state index in [-0.39, 0.29) is 22.6 Å². The Labute approximate surface area is 257 Å². The lowest BCUT2D eigenvalue weighted by atomic mass is 10.0. The summed E-state index contributed by atoms with van der Waals surface area (Å²) in [5.41, 5.74) is 2.71. The number of benzene rings is 3. The van der Waals surface area contributed by atoms with Gasteiger partial charge >= 0.3 is 0 Å². The molecule has 1 amide bonds. The number of nitrogens with zero attached hydrogens (tertiary/aromatic N) is 3. The van der Waals surface area contributed by atoms with Crippen molar-refractivity contribution in [2.24, 2.45) is 5.92 Å². The lowest BCUT2D eigenvalue weighted by molar-refractivity contribution is -0.113. The minimum absolute atomic E-state index is 0.0256. The molecule has 8 nitrogen and oxygen atoms in total. The molecule has 0 aliphatic heterocycles. The molecule has 2 N–H and O–H groups in total. The average molecular weight is 626 g/mol. The molecule has 0 aliphatic carbocycles. The number of sulfonamides is 1. The van der Waals surface area contributed by atoms with Crippen LogP contribution in [0, 0.1) is 12.8 Å². The molecular weight excluding hydrogens is 590 g/mol. The molecule has 1 heterocycles. The van der Waals surface area contributed by atoms with Gasteiger partial charge in [0.25, 0.3) is 10.0 Å². The Morgan fingerprint density at radius 1 is 0.976 bits per heavy atom. The molecule has 0 saturated heterocycles. The highest BCUT2D eigenvalue weighted by atomic mass is 35.5. The van der Waals surface area contributed by atoms with E-state index in [1.165, 1.54) is 17.8 Å². The van der Waals surface area contributed by atoms with Crippen LogP contribution in [0.3, 0.4) is 0 Å². The molecule has 1 aromatic heterocycles. The molecule has 0 spiro atoms. The molecule has 0 bridgehead atoms. The van der Waals surface area contributed by atoms with Crippen molar-refractivity contribution in [3.8, 4) is 11.4 Å². The number of anilines is 2. The number of carbonyl (C=O) groups is 1. The SMILES string of the molecule is Cc1cccc(NC(=O)CSc2nnc(-c3cccc(S(=O)(=O)Nc4ccccc4Cl)c3)n2[C@H](C)CCCC(C)C)c1. The molecule has 0 aliphatic rings. The van der Waals surface area contributed by atoms with Crippen LogP contribution in [0.2, 0.25) is 5.02 Å². The summed E-state index contributed by atoms with van der Waals surface area (Å²) in [6.45, 7) is 8.48. The molecule has 0 unspecified atom stereocenters. The third-order valence-electron chi connectivity index (χ3n) is 6.66. The number of hydrogen-bond donors (Lipinski definition) is 2. The number of halogens is 1. The smallest absolute Gasteiger partial charge is 0.261 e. The van der Waals surface area contributed by atoms with E-state index in [9.17, 15) is 13.2 Å². The second kappa shape index (κ2) is 14.2. The van der Waals surface area contributed by atoms with Gasteiger partial charge in [-0.2, -0.15) is 0 Å². The number of para-hydroxylation sites is 1. The number of hydrogen-bond acceptors (Lipinski definition) is 6. The van der Waals surface area contributed by atoms with Crippen molar-refractivity contribution < 1.29 is 13.2 Å². The Balaban J connectivity index is 1.60. The van der Waals surface area contributed by atoms with E-state index in [0.29, 0.717) is 33.2 Å². The van der Waals surface area contributed by atoms with Crippen LogP contribution in [0.4, 0.5) is 11.4 Å². The topological polar surface area (TPSA) is 106 Å². The number of thioether (sulfide) groups is 1. The highest BCUT2D eigenvalue weighted by Crippen LogP contribution is 2.32. The predicted molar refractivity (Wildman–Crippen MR) is 172 cm³/mol. The molecule has 11 heteroatoms.